The van der Waals surface area contributed by atoms with E-state index in [4.69, 9.17) is 0 Å². The molecule has 25 heavy (non-hydrogen) atoms. The van der Waals surface area contributed by atoms with Gasteiger partial charge in [0.2, 0.25) is 5.91 Å². The lowest BCUT2D eigenvalue weighted by molar-refractivity contribution is -0.118. The fraction of sp³-hybridized carbons (Fsp3) is 0.444. The normalized spacial score (nSPS) is 14.5. The molecule has 130 valence electrons. The van der Waals surface area contributed by atoms with Gasteiger partial charge in [0, 0.05) is 16.3 Å². The molecule has 2 aromatic heterocycles. The summed E-state index contributed by atoms with van der Waals surface area (Å²) in [6.07, 6.45) is 4.04. The molecule has 0 aromatic carbocycles. The molecule has 0 radical (unpaired) electrons. The largest absolute Gasteiger partial charge is 0.348 e. The number of amides is 1. The number of nitrogens with zero attached hydrogens (tertiary/aromatic N) is 3. The number of rotatable bonds is 3. The van der Waals surface area contributed by atoms with Gasteiger partial charge in [-0.1, -0.05) is 0 Å². The third-order valence-electron chi connectivity index (χ3n) is 4.56. The maximum atomic E-state index is 12.7. The molecule has 3 rings (SSSR count). The van der Waals surface area contributed by atoms with Gasteiger partial charge in [-0.3, -0.25) is 9.36 Å². The Labute approximate surface area is 150 Å². The van der Waals surface area contributed by atoms with Crippen LogP contribution in [-0.2, 0) is 17.6 Å². The molecule has 1 aliphatic rings. The topological polar surface area (TPSA) is 87.8 Å². The molecule has 0 saturated heterocycles. The highest BCUT2D eigenvalue weighted by molar-refractivity contribution is 7.16. The molecule has 0 spiro atoms. The molecule has 1 N–H and O–H groups in total. The summed E-state index contributed by atoms with van der Waals surface area (Å²) >= 11 is 1.48. The van der Waals surface area contributed by atoms with Gasteiger partial charge in [-0.15, -0.1) is 11.3 Å². The highest BCUT2D eigenvalue weighted by Gasteiger charge is 2.24. The molecule has 1 atom stereocenters. The van der Waals surface area contributed by atoms with E-state index in [0.717, 1.165) is 31.2 Å². The van der Waals surface area contributed by atoms with Crippen molar-refractivity contribution in [1.29, 1.82) is 5.26 Å². The van der Waals surface area contributed by atoms with Crippen LogP contribution in [0.5, 0.6) is 0 Å². The summed E-state index contributed by atoms with van der Waals surface area (Å²) in [5, 5.41) is 12.9. The van der Waals surface area contributed by atoms with Gasteiger partial charge in [0.1, 0.15) is 17.1 Å². The van der Waals surface area contributed by atoms with Crippen molar-refractivity contribution in [3.63, 3.8) is 0 Å². The van der Waals surface area contributed by atoms with Crippen molar-refractivity contribution < 1.29 is 4.79 Å². The van der Waals surface area contributed by atoms with E-state index in [1.54, 1.807) is 26.8 Å². The smallest absolute Gasteiger partial charge is 0.315 e. The number of aromatic nitrogens is 2. The summed E-state index contributed by atoms with van der Waals surface area (Å²) in [4.78, 5) is 29.9. The highest BCUT2D eigenvalue weighted by Crippen LogP contribution is 2.37. The monoisotopic (exact) mass is 356 g/mol. The van der Waals surface area contributed by atoms with Gasteiger partial charge in [0.15, 0.2) is 0 Å². The highest BCUT2D eigenvalue weighted by atomic mass is 32.1. The van der Waals surface area contributed by atoms with Crippen LogP contribution in [0.3, 0.4) is 0 Å². The van der Waals surface area contributed by atoms with Gasteiger partial charge >= 0.3 is 5.69 Å². The predicted octanol–water partition coefficient (Wildman–Crippen LogP) is 2.87. The number of nitrogens with one attached hydrogen (secondary N) is 1. The first-order chi connectivity index (χ1) is 11.9. The number of aryl methyl sites for hydroxylation is 3. The number of hydrogen-bond donors (Lipinski definition) is 1. The molecular weight excluding hydrogens is 336 g/mol. The van der Waals surface area contributed by atoms with Crippen LogP contribution in [0.2, 0.25) is 0 Å². The maximum absolute atomic E-state index is 12.7. The SMILES string of the molecule is Cc1cc(C)n(C(C)C(=O)Nc2sc3c(c2C#N)CCCC3)c(=O)n1. The van der Waals surface area contributed by atoms with E-state index in [2.05, 4.69) is 16.4 Å². The van der Waals surface area contributed by atoms with Crippen LogP contribution in [0.25, 0.3) is 0 Å². The van der Waals surface area contributed by atoms with Crippen molar-refractivity contribution in [2.24, 2.45) is 0 Å². The second kappa shape index (κ2) is 6.81. The van der Waals surface area contributed by atoms with E-state index >= 15 is 0 Å². The van der Waals surface area contributed by atoms with E-state index in [1.807, 2.05) is 0 Å². The van der Waals surface area contributed by atoms with Crippen LogP contribution < -0.4 is 11.0 Å². The second-order valence-corrected chi connectivity index (χ2v) is 7.49. The lowest BCUT2D eigenvalue weighted by atomic mass is 9.96. The molecule has 0 fully saturated rings. The van der Waals surface area contributed by atoms with Crippen LogP contribution in [0, 0.1) is 25.2 Å². The third-order valence-corrected chi connectivity index (χ3v) is 5.77. The number of hydrogen-bond acceptors (Lipinski definition) is 5. The molecule has 1 amide bonds. The minimum absolute atomic E-state index is 0.314. The van der Waals surface area contributed by atoms with Gasteiger partial charge in [-0.2, -0.15) is 10.2 Å². The van der Waals surface area contributed by atoms with Crippen LogP contribution in [0.1, 0.15) is 53.2 Å². The summed E-state index contributed by atoms with van der Waals surface area (Å²) in [7, 11) is 0. The molecule has 7 heteroatoms. The third kappa shape index (κ3) is 3.22. The lowest BCUT2D eigenvalue weighted by Crippen LogP contribution is -2.34. The Morgan fingerprint density at radius 2 is 2.12 bits per heavy atom. The van der Waals surface area contributed by atoms with Crippen LogP contribution in [0.15, 0.2) is 10.9 Å². The average Bonchev–Trinajstić information content (AvgIpc) is 2.90. The Balaban J connectivity index is 1.90. The van der Waals surface area contributed by atoms with Crippen molar-refractivity contribution in [2.75, 3.05) is 5.32 Å². The Kier molecular flexibility index (Phi) is 4.73. The van der Waals surface area contributed by atoms with Crippen LogP contribution in [0.4, 0.5) is 5.00 Å². The van der Waals surface area contributed by atoms with Crippen molar-refractivity contribution in [3.8, 4) is 6.07 Å². The van der Waals surface area contributed by atoms with Crippen LogP contribution in [-0.4, -0.2) is 15.5 Å². The molecule has 2 aromatic rings. The number of nitriles is 1. The minimum Gasteiger partial charge on any atom is -0.315 e. The van der Waals surface area contributed by atoms with Crippen molar-refractivity contribution >= 4 is 22.2 Å². The fourth-order valence-electron chi connectivity index (χ4n) is 3.34. The quantitative estimate of drug-likeness (QED) is 0.916. The maximum Gasteiger partial charge on any atom is 0.348 e. The zero-order chi connectivity index (χ0) is 18.1. The van der Waals surface area contributed by atoms with Crippen LogP contribution >= 0.6 is 11.3 Å². The Morgan fingerprint density at radius 1 is 1.40 bits per heavy atom. The molecule has 0 saturated carbocycles. The van der Waals surface area contributed by atoms with Crippen molar-refractivity contribution in [3.05, 3.63) is 43.9 Å². The van der Waals surface area contributed by atoms with Gasteiger partial charge in [0.25, 0.3) is 0 Å². The van der Waals surface area contributed by atoms with Crippen molar-refractivity contribution in [2.45, 2.75) is 52.5 Å². The minimum atomic E-state index is -0.703. The first-order valence-corrected chi connectivity index (χ1v) is 9.16. The van der Waals surface area contributed by atoms with E-state index in [0.29, 0.717) is 22.0 Å². The molecule has 1 unspecified atom stereocenters. The van der Waals surface area contributed by atoms with Gasteiger partial charge in [-0.05, 0) is 58.1 Å². The zero-order valence-corrected chi connectivity index (χ0v) is 15.4. The average molecular weight is 356 g/mol. The van der Waals surface area contributed by atoms with E-state index in [-0.39, 0.29) is 5.91 Å². The molecule has 2 heterocycles. The van der Waals surface area contributed by atoms with Gasteiger partial charge in [-0.25, -0.2) is 4.79 Å². The molecular formula is C18H20N4O2S. The second-order valence-electron chi connectivity index (χ2n) is 6.38. The standard InChI is InChI=1S/C18H20N4O2S/c1-10-8-11(2)22(18(24)20-10)12(3)16(23)21-17-14(9-19)13-6-4-5-7-15(13)25-17/h8,12H,4-7H2,1-3H3,(H,21,23). The number of carbonyl (C=O) groups excluding carboxylic acids is 1. The molecule has 0 aliphatic heterocycles. The Bertz CT molecular complexity index is 936. The molecule has 1 aliphatic carbocycles. The first-order valence-electron chi connectivity index (χ1n) is 8.34. The van der Waals surface area contributed by atoms with E-state index < -0.39 is 11.7 Å². The summed E-state index contributed by atoms with van der Waals surface area (Å²) in [5.74, 6) is -0.314. The zero-order valence-electron chi connectivity index (χ0n) is 14.5. The Morgan fingerprint density at radius 3 is 2.80 bits per heavy atom. The number of thiophene rings is 1. The fourth-order valence-corrected chi connectivity index (χ4v) is 4.58. The molecule has 0 bridgehead atoms. The summed E-state index contributed by atoms with van der Waals surface area (Å²) in [6.45, 7) is 5.20. The number of carbonyl (C=O) groups is 1. The van der Waals surface area contributed by atoms with Gasteiger partial charge < -0.3 is 5.32 Å². The number of fused-ring (bicyclic) bond motifs is 1. The summed E-state index contributed by atoms with van der Waals surface area (Å²) in [6, 6.07) is 3.30. The lowest BCUT2D eigenvalue weighted by Gasteiger charge is -2.17. The number of anilines is 1. The Hall–Kier alpha value is -2.46. The summed E-state index contributed by atoms with van der Waals surface area (Å²) in [5.41, 5.74) is 2.53. The van der Waals surface area contributed by atoms with Crippen molar-refractivity contribution in [1.82, 2.24) is 9.55 Å². The first kappa shape index (κ1) is 17.4. The van der Waals surface area contributed by atoms with Gasteiger partial charge in [0.05, 0.1) is 5.56 Å². The van der Waals surface area contributed by atoms with E-state index in [1.165, 1.54) is 20.8 Å². The predicted molar refractivity (Wildman–Crippen MR) is 97.0 cm³/mol. The van der Waals surface area contributed by atoms with E-state index in [9.17, 15) is 14.9 Å². The molecule has 6 nitrogen and oxygen atoms in total. The summed E-state index contributed by atoms with van der Waals surface area (Å²) < 4.78 is 1.38.